The van der Waals surface area contributed by atoms with Gasteiger partial charge in [0.2, 0.25) is 5.91 Å². The van der Waals surface area contributed by atoms with Crippen molar-refractivity contribution in [2.24, 2.45) is 0 Å². The zero-order valence-corrected chi connectivity index (χ0v) is 25.3. The van der Waals surface area contributed by atoms with E-state index in [1.807, 2.05) is 30.3 Å². The molecule has 2 N–H and O–H groups in total. The number of ether oxygens (including phenoxy) is 4. The van der Waals surface area contributed by atoms with Crippen molar-refractivity contribution >= 4 is 23.7 Å². The van der Waals surface area contributed by atoms with Gasteiger partial charge in [-0.3, -0.25) is 9.20 Å². The minimum atomic E-state index is -1.34. The maximum absolute atomic E-state index is 13.5. The molecule has 1 fully saturated rings. The van der Waals surface area contributed by atoms with Gasteiger partial charge in [-0.15, -0.1) is 10.2 Å². The van der Waals surface area contributed by atoms with Crippen LogP contribution in [0.5, 0.6) is 0 Å². The second kappa shape index (κ2) is 13.8. The Balaban J connectivity index is 1.56. The second-order valence-electron chi connectivity index (χ2n) is 11.7. The van der Waals surface area contributed by atoms with Gasteiger partial charge in [0.05, 0.1) is 32.1 Å². The third-order valence-electron chi connectivity index (χ3n) is 6.54. The SMILES string of the molecule is CC(C)(C)OC(=O)NC(C)(C)C(=O)N[C@H](COCc1ccccc1)c1nnc2cccc(COC(=O)N3CCOCC3)n12. The molecule has 232 valence electrons. The Morgan fingerprint density at radius 3 is 2.37 bits per heavy atom. The number of alkyl carbamates (subject to hydrolysis) is 1. The highest BCUT2D eigenvalue weighted by atomic mass is 16.6. The maximum Gasteiger partial charge on any atom is 0.410 e. The van der Waals surface area contributed by atoms with Crippen molar-refractivity contribution in [3.8, 4) is 0 Å². The van der Waals surface area contributed by atoms with E-state index in [4.69, 9.17) is 18.9 Å². The smallest absolute Gasteiger partial charge is 0.410 e. The van der Waals surface area contributed by atoms with E-state index in [1.54, 1.807) is 62.1 Å². The summed E-state index contributed by atoms with van der Waals surface area (Å²) >= 11 is 0. The fourth-order valence-electron chi connectivity index (χ4n) is 4.35. The van der Waals surface area contributed by atoms with Crippen molar-refractivity contribution in [3.63, 3.8) is 0 Å². The average Bonchev–Trinajstić information content (AvgIpc) is 3.40. The Morgan fingerprint density at radius 1 is 0.953 bits per heavy atom. The zero-order chi connectivity index (χ0) is 31.0. The lowest BCUT2D eigenvalue weighted by Crippen LogP contribution is -2.56. The molecule has 3 amide bonds. The van der Waals surface area contributed by atoms with Crippen molar-refractivity contribution in [2.45, 2.75) is 65.0 Å². The summed E-state index contributed by atoms with van der Waals surface area (Å²) in [7, 11) is 0. The van der Waals surface area contributed by atoms with E-state index in [2.05, 4.69) is 20.8 Å². The van der Waals surface area contributed by atoms with Crippen molar-refractivity contribution in [2.75, 3.05) is 32.9 Å². The first-order valence-electron chi connectivity index (χ1n) is 14.2. The quantitative estimate of drug-likeness (QED) is 0.360. The molecule has 1 aliphatic heterocycles. The monoisotopic (exact) mass is 596 g/mol. The van der Waals surface area contributed by atoms with Crippen LogP contribution >= 0.6 is 0 Å². The number of amides is 3. The van der Waals surface area contributed by atoms with Crippen LogP contribution in [0.4, 0.5) is 9.59 Å². The fraction of sp³-hybridized carbons (Fsp3) is 0.500. The number of fused-ring (bicyclic) bond motifs is 1. The summed E-state index contributed by atoms with van der Waals surface area (Å²) in [4.78, 5) is 40.3. The standard InChI is InChI=1S/C30H40N6O7/c1-29(2,3)43-27(38)32-30(4,5)26(37)31-23(20-41-18-21-10-7-6-8-11-21)25-34-33-24-13-9-12-22(36(24)25)19-42-28(39)35-14-16-40-17-15-35/h6-13,23H,14-20H2,1-5H3,(H,31,37)(H,32,38)/t23-/m1/s1. The van der Waals surface area contributed by atoms with Crippen molar-refractivity contribution in [1.82, 2.24) is 30.1 Å². The maximum atomic E-state index is 13.5. The Labute approximate surface area is 250 Å². The van der Waals surface area contributed by atoms with E-state index < -0.39 is 35.3 Å². The Bertz CT molecular complexity index is 1400. The lowest BCUT2D eigenvalue weighted by atomic mass is 10.0. The van der Waals surface area contributed by atoms with Crippen LogP contribution in [0.2, 0.25) is 0 Å². The molecule has 0 bridgehead atoms. The molecule has 0 spiro atoms. The van der Waals surface area contributed by atoms with Gasteiger partial charge in [-0.1, -0.05) is 36.4 Å². The topological polar surface area (TPSA) is 146 Å². The molecule has 4 rings (SSSR count). The van der Waals surface area contributed by atoms with Gasteiger partial charge in [0.15, 0.2) is 11.5 Å². The average molecular weight is 597 g/mol. The van der Waals surface area contributed by atoms with Crippen LogP contribution in [0, 0.1) is 0 Å². The van der Waals surface area contributed by atoms with Gasteiger partial charge in [0, 0.05) is 13.1 Å². The molecule has 13 heteroatoms. The van der Waals surface area contributed by atoms with Crippen LogP contribution < -0.4 is 10.6 Å². The van der Waals surface area contributed by atoms with Gasteiger partial charge < -0.3 is 34.5 Å². The number of hydrogen-bond acceptors (Lipinski definition) is 9. The summed E-state index contributed by atoms with van der Waals surface area (Å²) in [5.41, 5.74) is 0.000959. The predicted molar refractivity (Wildman–Crippen MR) is 156 cm³/mol. The van der Waals surface area contributed by atoms with Crippen molar-refractivity contribution in [3.05, 3.63) is 65.6 Å². The summed E-state index contributed by atoms with van der Waals surface area (Å²) in [5.74, 6) is -0.109. The second-order valence-corrected chi connectivity index (χ2v) is 11.7. The van der Waals surface area contributed by atoms with E-state index in [-0.39, 0.29) is 13.2 Å². The van der Waals surface area contributed by atoms with E-state index in [0.717, 1.165) is 5.56 Å². The van der Waals surface area contributed by atoms with E-state index in [9.17, 15) is 14.4 Å². The number of nitrogens with one attached hydrogen (secondary N) is 2. The van der Waals surface area contributed by atoms with Crippen molar-refractivity contribution in [1.29, 1.82) is 0 Å². The number of nitrogens with zero attached hydrogens (tertiary/aromatic N) is 4. The zero-order valence-electron chi connectivity index (χ0n) is 25.3. The number of benzene rings is 1. The Hall–Kier alpha value is -4.23. The number of morpholine rings is 1. The largest absolute Gasteiger partial charge is 0.444 e. The molecule has 1 aliphatic rings. The van der Waals surface area contributed by atoms with Crippen molar-refractivity contribution < 1.29 is 33.3 Å². The molecule has 0 aliphatic carbocycles. The number of hydrogen-bond donors (Lipinski definition) is 2. The normalized spacial score (nSPS) is 14.7. The molecular weight excluding hydrogens is 556 g/mol. The van der Waals surface area contributed by atoms with Gasteiger partial charge in [-0.25, -0.2) is 9.59 Å². The van der Waals surface area contributed by atoms with Crippen LogP contribution in [0.3, 0.4) is 0 Å². The van der Waals surface area contributed by atoms with Crippen LogP contribution in [0.1, 0.15) is 57.7 Å². The molecule has 0 unspecified atom stereocenters. The highest BCUT2D eigenvalue weighted by molar-refractivity contribution is 5.89. The number of carbonyl (C=O) groups excluding carboxylic acids is 3. The summed E-state index contributed by atoms with van der Waals surface area (Å²) in [6.45, 7) is 10.5. The highest BCUT2D eigenvalue weighted by Crippen LogP contribution is 2.20. The molecule has 1 aromatic carbocycles. The van der Waals surface area contributed by atoms with Gasteiger partial charge in [-0.2, -0.15) is 0 Å². The van der Waals surface area contributed by atoms with E-state index in [0.29, 0.717) is 50.1 Å². The van der Waals surface area contributed by atoms with Crippen LogP contribution in [-0.4, -0.2) is 81.6 Å². The molecule has 2 aromatic heterocycles. The predicted octanol–water partition coefficient (Wildman–Crippen LogP) is 3.38. The fourth-order valence-corrected chi connectivity index (χ4v) is 4.35. The van der Waals surface area contributed by atoms with E-state index >= 15 is 0 Å². The summed E-state index contributed by atoms with van der Waals surface area (Å²) < 4.78 is 24.0. The minimum absolute atomic E-state index is 0.0458. The Morgan fingerprint density at radius 2 is 1.67 bits per heavy atom. The molecule has 3 heterocycles. The molecular formula is C30H40N6O7. The minimum Gasteiger partial charge on any atom is -0.444 e. The summed E-state index contributed by atoms with van der Waals surface area (Å²) in [6, 6.07) is 14.2. The first-order valence-corrected chi connectivity index (χ1v) is 14.2. The molecule has 1 saturated heterocycles. The molecule has 0 radical (unpaired) electrons. The van der Waals surface area contributed by atoms with Gasteiger partial charge in [0.1, 0.15) is 23.8 Å². The van der Waals surface area contributed by atoms with E-state index in [1.165, 1.54) is 0 Å². The first kappa shape index (κ1) is 31.7. The number of pyridine rings is 1. The number of carbonyl (C=O) groups is 3. The number of rotatable bonds is 10. The third-order valence-corrected chi connectivity index (χ3v) is 6.54. The van der Waals surface area contributed by atoms with Crippen LogP contribution in [0.25, 0.3) is 5.65 Å². The van der Waals surface area contributed by atoms with Crippen LogP contribution in [0.15, 0.2) is 48.5 Å². The number of aromatic nitrogens is 3. The molecule has 13 nitrogen and oxygen atoms in total. The third kappa shape index (κ3) is 8.88. The summed E-state index contributed by atoms with van der Waals surface area (Å²) in [5, 5.41) is 14.3. The lowest BCUT2D eigenvalue weighted by molar-refractivity contribution is -0.127. The molecule has 0 saturated carbocycles. The molecule has 3 aromatic rings. The first-order chi connectivity index (χ1) is 20.4. The highest BCUT2D eigenvalue weighted by Gasteiger charge is 2.34. The van der Waals surface area contributed by atoms with Crippen LogP contribution in [-0.2, 0) is 37.0 Å². The molecule has 43 heavy (non-hydrogen) atoms. The van der Waals surface area contributed by atoms with Gasteiger partial charge in [0.25, 0.3) is 0 Å². The molecule has 1 atom stereocenters. The Kier molecular flexibility index (Phi) is 10.2. The lowest BCUT2D eigenvalue weighted by Gasteiger charge is -2.29. The van der Waals surface area contributed by atoms with Gasteiger partial charge in [-0.05, 0) is 52.3 Å². The van der Waals surface area contributed by atoms with Gasteiger partial charge >= 0.3 is 12.2 Å². The summed E-state index contributed by atoms with van der Waals surface area (Å²) in [6.07, 6.45) is -1.16.